The summed E-state index contributed by atoms with van der Waals surface area (Å²) in [5, 5.41) is 3.73. The average Bonchev–Trinajstić information content (AvgIpc) is 2.40. The first-order valence-corrected chi connectivity index (χ1v) is 6.82. The highest BCUT2D eigenvalue weighted by molar-refractivity contribution is 14.0. The smallest absolute Gasteiger partial charge is 0.188 e. The lowest BCUT2D eigenvalue weighted by Gasteiger charge is -2.13. The van der Waals surface area contributed by atoms with E-state index in [0.717, 1.165) is 17.7 Å². The number of hydrogen-bond acceptors (Lipinski definition) is 3. The number of benzene rings is 1. The van der Waals surface area contributed by atoms with E-state index in [0.29, 0.717) is 24.1 Å². The van der Waals surface area contributed by atoms with Gasteiger partial charge >= 0.3 is 0 Å². The predicted octanol–water partition coefficient (Wildman–Crippen LogP) is 2.45. The largest absolute Gasteiger partial charge is 0.497 e. The highest BCUT2D eigenvalue weighted by Crippen LogP contribution is 2.22. The molecule has 5 nitrogen and oxygen atoms in total. The van der Waals surface area contributed by atoms with Crippen LogP contribution in [0.3, 0.4) is 0 Å². The van der Waals surface area contributed by atoms with E-state index < -0.39 is 0 Å². The van der Waals surface area contributed by atoms with E-state index >= 15 is 0 Å². The molecule has 1 aromatic carbocycles. The molecule has 1 aromatic rings. The topological polar surface area (TPSA) is 68.9 Å². The summed E-state index contributed by atoms with van der Waals surface area (Å²) >= 11 is 6.16. The van der Waals surface area contributed by atoms with Crippen LogP contribution in [0.2, 0.25) is 5.02 Å². The maximum Gasteiger partial charge on any atom is 0.188 e. The van der Waals surface area contributed by atoms with E-state index in [1.807, 2.05) is 19.1 Å². The van der Waals surface area contributed by atoms with Crippen LogP contribution in [0.15, 0.2) is 23.2 Å². The summed E-state index contributed by atoms with van der Waals surface area (Å²) in [6.07, 6.45) is 0.726. The molecule has 120 valence electrons. The van der Waals surface area contributed by atoms with Crippen molar-refractivity contribution in [1.29, 1.82) is 0 Å². The van der Waals surface area contributed by atoms with Gasteiger partial charge in [-0.15, -0.1) is 24.0 Å². The maximum atomic E-state index is 6.16. The Balaban J connectivity index is 0.00000400. The Kier molecular flexibility index (Phi) is 10.5. The van der Waals surface area contributed by atoms with Gasteiger partial charge in [-0.1, -0.05) is 17.7 Å². The van der Waals surface area contributed by atoms with Gasteiger partial charge in [0.1, 0.15) is 5.75 Å². The minimum absolute atomic E-state index is 0. The van der Waals surface area contributed by atoms with E-state index in [1.165, 1.54) is 0 Å². The van der Waals surface area contributed by atoms with Crippen LogP contribution in [0, 0.1) is 0 Å². The number of nitrogens with zero attached hydrogens (tertiary/aromatic N) is 1. The summed E-state index contributed by atoms with van der Waals surface area (Å²) in [4.78, 5) is 4.26. The van der Waals surface area contributed by atoms with E-state index in [2.05, 4.69) is 10.3 Å². The molecule has 1 unspecified atom stereocenters. The normalized spacial score (nSPS) is 12.5. The number of aliphatic imine (C=N–C) groups is 1. The molecule has 3 N–H and O–H groups in total. The molecule has 0 aromatic heterocycles. The lowest BCUT2D eigenvalue weighted by atomic mass is 10.1. The first kappa shape index (κ1) is 20.3. The number of rotatable bonds is 7. The number of guanidine groups is 1. The quantitative estimate of drug-likeness (QED) is 0.398. The lowest BCUT2D eigenvalue weighted by Crippen LogP contribution is -2.40. The first-order chi connectivity index (χ1) is 9.56. The SMILES string of the molecule is COCC(C)NC(N)=NCCc1ccc(OC)cc1Cl.I. The molecule has 1 rings (SSSR count). The fraction of sp³-hybridized carbons (Fsp3) is 0.500. The van der Waals surface area contributed by atoms with Crippen molar-refractivity contribution in [1.82, 2.24) is 5.32 Å². The summed E-state index contributed by atoms with van der Waals surface area (Å²) in [6, 6.07) is 5.75. The van der Waals surface area contributed by atoms with Crippen LogP contribution in [0.5, 0.6) is 5.75 Å². The van der Waals surface area contributed by atoms with Gasteiger partial charge in [0.05, 0.1) is 13.7 Å². The van der Waals surface area contributed by atoms with E-state index in [4.69, 9.17) is 26.8 Å². The zero-order valence-electron chi connectivity index (χ0n) is 12.6. The Hall–Kier alpha value is -0.730. The first-order valence-electron chi connectivity index (χ1n) is 6.44. The van der Waals surface area contributed by atoms with Crippen LogP contribution in [0.1, 0.15) is 12.5 Å². The Morgan fingerprint density at radius 2 is 2.14 bits per heavy atom. The van der Waals surface area contributed by atoms with Crippen LogP contribution < -0.4 is 15.8 Å². The van der Waals surface area contributed by atoms with Crippen molar-refractivity contribution in [3.63, 3.8) is 0 Å². The van der Waals surface area contributed by atoms with Gasteiger partial charge in [0, 0.05) is 24.7 Å². The third kappa shape index (κ3) is 7.73. The molecule has 0 aliphatic carbocycles. The van der Waals surface area contributed by atoms with Crippen LogP contribution in [-0.2, 0) is 11.2 Å². The molecule has 0 aliphatic heterocycles. The summed E-state index contributed by atoms with van der Waals surface area (Å²) in [7, 11) is 3.26. The number of ether oxygens (including phenoxy) is 2. The molecular weight excluding hydrogens is 405 g/mol. The number of nitrogens with two attached hydrogens (primary N) is 1. The Bertz CT molecular complexity index is 458. The van der Waals surface area contributed by atoms with Crippen molar-refractivity contribution in [2.75, 3.05) is 27.4 Å². The van der Waals surface area contributed by atoms with Gasteiger partial charge in [0.15, 0.2) is 5.96 Å². The molecule has 0 saturated heterocycles. The maximum absolute atomic E-state index is 6.16. The highest BCUT2D eigenvalue weighted by Gasteiger charge is 2.03. The summed E-state index contributed by atoms with van der Waals surface area (Å²) < 4.78 is 10.1. The molecule has 1 atom stereocenters. The number of hydrogen-bond donors (Lipinski definition) is 2. The second-order valence-corrected chi connectivity index (χ2v) is 4.88. The summed E-state index contributed by atoms with van der Waals surface area (Å²) in [5.74, 6) is 1.16. The minimum atomic E-state index is 0. The third-order valence-electron chi connectivity index (χ3n) is 2.73. The van der Waals surface area contributed by atoms with Gasteiger partial charge in [-0.2, -0.15) is 0 Å². The van der Waals surface area contributed by atoms with Gasteiger partial charge in [-0.25, -0.2) is 0 Å². The Morgan fingerprint density at radius 3 is 2.71 bits per heavy atom. The van der Waals surface area contributed by atoms with E-state index in [9.17, 15) is 0 Å². The second kappa shape index (κ2) is 10.9. The Labute approximate surface area is 148 Å². The molecule has 0 radical (unpaired) electrons. The molecule has 0 saturated carbocycles. The number of nitrogens with one attached hydrogen (secondary N) is 1. The summed E-state index contributed by atoms with van der Waals surface area (Å²) in [5.41, 5.74) is 6.81. The fourth-order valence-electron chi connectivity index (χ4n) is 1.74. The molecule has 21 heavy (non-hydrogen) atoms. The Morgan fingerprint density at radius 1 is 1.43 bits per heavy atom. The van der Waals surface area contributed by atoms with Gasteiger partial charge in [-0.3, -0.25) is 4.99 Å². The lowest BCUT2D eigenvalue weighted by molar-refractivity contribution is 0.179. The number of methoxy groups -OCH3 is 2. The molecule has 0 aliphatic rings. The molecule has 7 heteroatoms. The minimum Gasteiger partial charge on any atom is -0.497 e. The molecule has 0 bridgehead atoms. The van der Waals surface area contributed by atoms with Crippen LogP contribution >= 0.6 is 35.6 Å². The van der Waals surface area contributed by atoms with Gasteiger partial charge in [0.2, 0.25) is 0 Å². The summed E-state index contributed by atoms with van der Waals surface area (Å²) in [6.45, 7) is 3.14. The van der Waals surface area contributed by atoms with Gasteiger partial charge < -0.3 is 20.5 Å². The third-order valence-corrected chi connectivity index (χ3v) is 3.09. The zero-order valence-corrected chi connectivity index (χ0v) is 15.6. The predicted molar refractivity (Wildman–Crippen MR) is 98.1 cm³/mol. The van der Waals surface area contributed by atoms with Gasteiger partial charge in [-0.05, 0) is 31.0 Å². The van der Waals surface area contributed by atoms with Gasteiger partial charge in [0.25, 0.3) is 0 Å². The number of halogens is 2. The van der Waals surface area contributed by atoms with E-state index in [1.54, 1.807) is 20.3 Å². The molecular formula is C14H23ClIN3O2. The van der Waals surface area contributed by atoms with E-state index in [-0.39, 0.29) is 30.0 Å². The van der Waals surface area contributed by atoms with Crippen molar-refractivity contribution in [3.05, 3.63) is 28.8 Å². The zero-order chi connectivity index (χ0) is 15.0. The molecule has 0 heterocycles. The van der Waals surface area contributed by atoms with Crippen molar-refractivity contribution in [2.45, 2.75) is 19.4 Å². The van der Waals surface area contributed by atoms with Crippen molar-refractivity contribution in [3.8, 4) is 5.75 Å². The van der Waals surface area contributed by atoms with Crippen molar-refractivity contribution >= 4 is 41.5 Å². The fourth-order valence-corrected chi connectivity index (χ4v) is 2.01. The average molecular weight is 428 g/mol. The second-order valence-electron chi connectivity index (χ2n) is 4.48. The monoisotopic (exact) mass is 427 g/mol. The van der Waals surface area contributed by atoms with Crippen LogP contribution in [0.4, 0.5) is 0 Å². The van der Waals surface area contributed by atoms with Crippen molar-refractivity contribution in [2.24, 2.45) is 10.7 Å². The van der Waals surface area contributed by atoms with Crippen LogP contribution in [0.25, 0.3) is 0 Å². The van der Waals surface area contributed by atoms with Crippen molar-refractivity contribution < 1.29 is 9.47 Å². The molecule has 0 amide bonds. The highest BCUT2D eigenvalue weighted by atomic mass is 127. The standard InChI is InChI=1S/C14H22ClN3O2.HI/c1-10(9-19-2)18-14(16)17-7-6-11-4-5-12(20-3)8-13(11)15;/h4-5,8,10H,6-7,9H2,1-3H3,(H3,16,17,18);1H. The molecule has 0 spiro atoms. The van der Waals surface area contributed by atoms with Crippen LogP contribution in [-0.4, -0.2) is 39.4 Å². The molecule has 0 fully saturated rings.